The van der Waals surface area contributed by atoms with Gasteiger partial charge in [-0.1, -0.05) is 5.16 Å². The van der Waals surface area contributed by atoms with Crippen molar-refractivity contribution in [1.29, 1.82) is 0 Å². The van der Waals surface area contributed by atoms with E-state index in [1.54, 1.807) is 6.92 Å². The van der Waals surface area contributed by atoms with Crippen LogP contribution in [0.25, 0.3) is 0 Å². The smallest absolute Gasteiger partial charge is 0.336 e. The number of hydrogen-bond donors (Lipinski definition) is 2. The van der Waals surface area contributed by atoms with Crippen LogP contribution in [-0.4, -0.2) is 28.1 Å². The van der Waals surface area contributed by atoms with Crippen molar-refractivity contribution >= 4 is 13.3 Å². The molecule has 6 heteroatoms. The van der Waals surface area contributed by atoms with Crippen molar-refractivity contribution in [2.24, 2.45) is 5.16 Å². The van der Waals surface area contributed by atoms with E-state index in [9.17, 15) is 9.46 Å². The molecule has 2 N–H and O–H groups in total. The molecule has 2 unspecified atom stereocenters. The SMILES string of the molecule is CCOP(=O)(O)C(C)C(C)=NO. The molecule has 0 rings (SSSR count). The summed E-state index contributed by atoms with van der Waals surface area (Å²) in [5.74, 6) is 0. The highest BCUT2D eigenvalue weighted by Gasteiger charge is 2.30. The second-order valence-electron chi connectivity index (χ2n) is 2.40. The summed E-state index contributed by atoms with van der Waals surface area (Å²) in [7, 11) is -3.65. The van der Waals surface area contributed by atoms with E-state index < -0.39 is 13.3 Å². The molecule has 0 aromatic carbocycles. The zero-order valence-electron chi connectivity index (χ0n) is 7.39. The van der Waals surface area contributed by atoms with Gasteiger partial charge in [0.05, 0.1) is 18.0 Å². The summed E-state index contributed by atoms with van der Waals surface area (Å²) >= 11 is 0. The summed E-state index contributed by atoms with van der Waals surface area (Å²) in [6, 6.07) is 0. The van der Waals surface area contributed by atoms with Gasteiger partial charge in [-0.05, 0) is 20.8 Å². The molecule has 0 saturated heterocycles. The van der Waals surface area contributed by atoms with Gasteiger partial charge in [0.2, 0.25) is 0 Å². The van der Waals surface area contributed by atoms with Crippen molar-refractivity contribution < 1.29 is 19.2 Å². The van der Waals surface area contributed by atoms with Crippen LogP contribution in [0.15, 0.2) is 5.16 Å². The Morgan fingerprint density at radius 2 is 2.25 bits per heavy atom. The van der Waals surface area contributed by atoms with Gasteiger partial charge in [0.15, 0.2) is 0 Å². The van der Waals surface area contributed by atoms with Gasteiger partial charge in [0.25, 0.3) is 0 Å². The third kappa shape index (κ3) is 2.93. The molecule has 0 bridgehead atoms. The van der Waals surface area contributed by atoms with E-state index in [4.69, 9.17) is 5.21 Å². The van der Waals surface area contributed by atoms with Gasteiger partial charge < -0.3 is 14.6 Å². The van der Waals surface area contributed by atoms with E-state index in [2.05, 4.69) is 9.68 Å². The third-order valence-electron chi connectivity index (χ3n) is 1.57. The molecule has 2 atom stereocenters. The Morgan fingerprint density at radius 3 is 2.58 bits per heavy atom. The molecule has 0 aliphatic rings. The van der Waals surface area contributed by atoms with E-state index in [1.807, 2.05) is 0 Å². The lowest BCUT2D eigenvalue weighted by atomic mass is 10.3. The minimum absolute atomic E-state index is 0.164. The Labute approximate surface area is 71.6 Å². The van der Waals surface area contributed by atoms with Crippen LogP contribution in [0.3, 0.4) is 0 Å². The van der Waals surface area contributed by atoms with Crippen molar-refractivity contribution in [3.63, 3.8) is 0 Å². The Morgan fingerprint density at radius 1 is 1.75 bits per heavy atom. The van der Waals surface area contributed by atoms with Gasteiger partial charge in [-0.15, -0.1) is 0 Å². The molecule has 72 valence electrons. The van der Waals surface area contributed by atoms with Crippen LogP contribution < -0.4 is 0 Å². The Hall–Kier alpha value is -0.380. The summed E-state index contributed by atoms with van der Waals surface area (Å²) < 4.78 is 15.9. The molecule has 0 aliphatic heterocycles. The van der Waals surface area contributed by atoms with Crippen molar-refractivity contribution in [2.45, 2.75) is 26.4 Å². The fourth-order valence-corrected chi connectivity index (χ4v) is 1.73. The monoisotopic (exact) mass is 195 g/mol. The molecule has 0 saturated carbocycles. The van der Waals surface area contributed by atoms with Crippen LogP contribution in [0.5, 0.6) is 0 Å². The highest BCUT2D eigenvalue weighted by Crippen LogP contribution is 2.47. The average Bonchev–Trinajstić information content (AvgIpc) is 2.01. The van der Waals surface area contributed by atoms with Gasteiger partial charge in [-0.3, -0.25) is 4.57 Å². The zero-order valence-corrected chi connectivity index (χ0v) is 8.28. The lowest BCUT2D eigenvalue weighted by molar-refractivity contribution is 0.269. The summed E-state index contributed by atoms with van der Waals surface area (Å²) in [5.41, 5.74) is -0.572. The molecule has 0 amide bonds. The van der Waals surface area contributed by atoms with Crippen LogP contribution in [0.4, 0.5) is 0 Å². The van der Waals surface area contributed by atoms with E-state index >= 15 is 0 Å². The second-order valence-corrected chi connectivity index (χ2v) is 4.56. The summed E-state index contributed by atoms with van der Waals surface area (Å²) in [4.78, 5) is 9.23. The Kier molecular flexibility index (Phi) is 4.45. The molecule has 0 aromatic rings. The average molecular weight is 195 g/mol. The van der Waals surface area contributed by atoms with Crippen molar-refractivity contribution in [3.05, 3.63) is 0 Å². The van der Waals surface area contributed by atoms with Crippen LogP contribution >= 0.6 is 7.60 Å². The Balaban J connectivity index is 4.45. The van der Waals surface area contributed by atoms with Crippen LogP contribution in [0.1, 0.15) is 20.8 Å². The lowest BCUT2D eigenvalue weighted by Crippen LogP contribution is -2.15. The molecule has 5 nitrogen and oxygen atoms in total. The first-order valence-electron chi connectivity index (χ1n) is 3.61. The van der Waals surface area contributed by atoms with Gasteiger partial charge >= 0.3 is 7.60 Å². The van der Waals surface area contributed by atoms with E-state index in [1.165, 1.54) is 13.8 Å². The van der Waals surface area contributed by atoms with Crippen LogP contribution in [0, 0.1) is 0 Å². The highest BCUT2D eigenvalue weighted by molar-refractivity contribution is 7.54. The highest BCUT2D eigenvalue weighted by atomic mass is 31.2. The Bertz CT molecular complexity index is 216. The number of rotatable bonds is 4. The predicted octanol–water partition coefficient (Wildman–Crippen LogP) is 1.45. The second kappa shape index (κ2) is 4.60. The van der Waals surface area contributed by atoms with Crippen molar-refractivity contribution in [2.75, 3.05) is 6.61 Å². The summed E-state index contributed by atoms with van der Waals surface area (Å²) in [5, 5.41) is 11.2. The fourth-order valence-electron chi connectivity index (χ4n) is 0.616. The predicted molar refractivity (Wildman–Crippen MR) is 45.8 cm³/mol. The molecule has 0 aliphatic carbocycles. The number of oxime groups is 1. The molecule has 0 spiro atoms. The molecule has 0 aromatic heterocycles. The maximum Gasteiger partial charge on any atom is 0.336 e. The first-order chi connectivity index (χ1) is 5.45. The first kappa shape index (κ1) is 11.6. The maximum absolute atomic E-state index is 11.3. The van der Waals surface area contributed by atoms with Gasteiger partial charge in [-0.2, -0.15) is 0 Å². The van der Waals surface area contributed by atoms with E-state index in [0.717, 1.165) is 0 Å². The van der Waals surface area contributed by atoms with Gasteiger partial charge in [0.1, 0.15) is 0 Å². The molecule has 0 radical (unpaired) electrons. The van der Waals surface area contributed by atoms with Crippen molar-refractivity contribution in [1.82, 2.24) is 0 Å². The van der Waals surface area contributed by atoms with E-state index in [0.29, 0.717) is 0 Å². The maximum atomic E-state index is 11.3. The standard InChI is InChI=1S/C6H14NO4P/c1-4-11-12(9,10)6(3)5(2)7-8/h6,8H,4H2,1-3H3,(H,9,10). The molecule has 0 heterocycles. The third-order valence-corrected chi connectivity index (χ3v) is 3.55. The molecular formula is C6H14NO4P. The number of nitrogens with zero attached hydrogens (tertiary/aromatic N) is 1. The van der Waals surface area contributed by atoms with E-state index in [-0.39, 0.29) is 12.3 Å². The van der Waals surface area contributed by atoms with Crippen LogP contribution in [0.2, 0.25) is 0 Å². The van der Waals surface area contributed by atoms with Crippen molar-refractivity contribution in [3.8, 4) is 0 Å². The molecular weight excluding hydrogens is 181 g/mol. The minimum atomic E-state index is -3.65. The normalized spacial score (nSPS) is 20.2. The zero-order chi connectivity index (χ0) is 9.78. The van der Waals surface area contributed by atoms with Gasteiger partial charge in [0, 0.05) is 0 Å². The topological polar surface area (TPSA) is 79.1 Å². The quantitative estimate of drug-likeness (QED) is 0.308. The van der Waals surface area contributed by atoms with Crippen LogP contribution in [-0.2, 0) is 9.09 Å². The lowest BCUT2D eigenvalue weighted by Gasteiger charge is -2.16. The first-order valence-corrected chi connectivity index (χ1v) is 5.26. The number of hydrogen-bond acceptors (Lipinski definition) is 4. The molecule has 12 heavy (non-hydrogen) atoms. The fraction of sp³-hybridized carbons (Fsp3) is 0.833. The van der Waals surface area contributed by atoms with Gasteiger partial charge in [-0.25, -0.2) is 0 Å². The molecule has 0 fully saturated rings. The minimum Gasteiger partial charge on any atom is -0.411 e. The summed E-state index contributed by atoms with van der Waals surface area (Å²) in [6.07, 6.45) is 0. The largest absolute Gasteiger partial charge is 0.411 e. The summed E-state index contributed by atoms with van der Waals surface area (Å²) in [6.45, 7) is 4.73.